The van der Waals surface area contributed by atoms with E-state index in [-0.39, 0.29) is 16.3 Å². The summed E-state index contributed by atoms with van der Waals surface area (Å²) in [5, 5.41) is 13.3. The highest BCUT2D eigenvalue weighted by Crippen LogP contribution is 2.16. The minimum atomic E-state index is -1.04. The fraction of sp³-hybridized carbons (Fsp3) is 0.571. The molecule has 1 aromatic rings. The second-order valence-corrected chi connectivity index (χ2v) is 5.41. The fourth-order valence-corrected chi connectivity index (χ4v) is 2.58. The van der Waals surface area contributed by atoms with E-state index in [1.54, 1.807) is 11.4 Å². The Balaban J connectivity index is 2.24. The first-order valence-electron chi connectivity index (χ1n) is 6.75. The molecule has 4 nitrogen and oxygen atoms in total. The van der Waals surface area contributed by atoms with Crippen molar-refractivity contribution in [3.8, 4) is 0 Å². The van der Waals surface area contributed by atoms with Crippen molar-refractivity contribution in [2.45, 2.75) is 45.4 Å². The predicted molar refractivity (Wildman–Crippen MR) is 77.0 cm³/mol. The minimum Gasteiger partial charge on any atom is -0.477 e. The summed E-state index contributed by atoms with van der Waals surface area (Å²) in [5.74, 6) is -1.33. The van der Waals surface area contributed by atoms with Crippen LogP contribution in [-0.2, 0) is 0 Å². The summed E-state index contributed by atoms with van der Waals surface area (Å²) in [6, 6.07) is 1.56. The van der Waals surface area contributed by atoms with Gasteiger partial charge in [-0.25, -0.2) is 4.79 Å². The Hall–Kier alpha value is -1.36. The van der Waals surface area contributed by atoms with Crippen molar-refractivity contribution in [3.63, 3.8) is 0 Å². The predicted octanol–water partition coefficient (Wildman–Crippen LogP) is 3.54. The van der Waals surface area contributed by atoms with Gasteiger partial charge in [-0.05, 0) is 17.9 Å². The lowest BCUT2D eigenvalue weighted by Gasteiger charge is -2.04. The summed E-state index contributed by atoms with van der Waals surface area (Å²) in [6.07, 6.45) is 6.99. The van der Waals surface area contributed by atoms with Crippen LogP contribution < -0.4 is 5.32 Å². The van der Waals surface area contributed by atoms with Gasteiger partial charge in [0.2, 0.25) is 0 Å². The summed E-state index contributed by atoms with van der Waals surface area (Å²) < 4.78 is 0. The lowest BCUT2D eigenvalue weighted by Crippen LogP contribution is -2.25. The van der Waals surface area contributed by atoms with E-state index in [9.17, 15) is 9.59 Å². The maximum absolute atomic E-state index is 11.8. The smallest absolute Gasteiger partial charge is 0.346 e. The van der Waals surface area contributed by atoms with Gasteiger partial charge in [0.1, 0.15) is 4.88 Å². The summed E-state index contributed by atoms with van der Waals surface area (Å²) in [4.78, 5) is 22.8. The third-order valence-electron chi connectivity index (χ3n) is 2.92. The van der Waals surface area contributed by atoms with Crippen LogP contribution in [-0.4, -0.2) is 23.5 Å². The van der Waals surface area contributed by atoms with E-state index in [4.69, 9.17) is 5.11 Å². The molecule has 0 atom stereocenters. The molecule has 0 radical (unpaired) electrons. The first-order valence-corrected chi connectivity index (χ1v) is 7.63. The van der Waals surface area contributed by atoms with Gasteiger partial charge in [-0.15, -0.1) is 11.3 Å². The maximum Gasteiger partial charge on any atom is 0.346 e. The number of thiophene rings is 1. The first kappa shape index (κ1) is 15.7. The van der Waals surface area contributed by atoms with Crippen LogP contribution in [0.15, 0.2) is 11.4 Å². The number of unbranched alkanes of at least 4 members (excludes halogenated alkanes) is 5. The summed E-state index contributed by atoms with van der Waals surface area (Å²) in [6.45, 7) is 2.79. The second-order valence-electron chi connectivity index (χ2n) is 4.49. The Bertz CT molecular complexity index is 415. The van der Waals surface area contributed by atoms with Crippen molar-refractivity contribution in [1.82, 2.24) is 5.32 Å². The Kier molecular flexibility index (Phi) is 7.18. The molecule has 0 saturated carbocycles. The highest BCUT2D eigenvalue weighted by atomic mass is 32.1. The van der Waals surface area contributed by atoms with Gasteiger partial charge in [0, 0.05) is 6.54 Å². The number of rotatable bonds is 9. The number of amides is 1. The molecule has 0 saturated heterocycles. The number of carbonyl (C=O) groups excluding carboxylic acids is 1. The normalized spacial score (nSPS) is 10.4. The van der Waals surface area contributed by atoms with E-state index in [0.717, 1.165) is 24.2 Å². The average molecular weight is 283 g/mol. The van der Waals surface area contributed by atoms with Gasteiger partial charge in [-0.3, -0.25) is 4.79 Å². The number of carbonyl (C=O) groups is 2. The van der Waals surface area contributed by atoms with Crippen molar-refractivity contribution in [2.24, 2.45) is 0 Å². The minimum absolute atomic E-state index is 0.112. The molecule has 5 heteroatoms. The van der Waals surface area contributed by atoms with Crippen LogP contribution in [0.3, 0.4) is 0 Å². The van der Waals surface area contributed by atoms with Crippen molar-refractivity contribution < 1.29 is 14.7 Å². The molecule has 0 aromatic carbocycles. The van der Waals surface area contributed by atoms with Crippen LogP contribution in [0.4, 0.5) is 0 Å². The van der Waals surface area contributed by atoms with E-state index in [0.29, 0.717) is 6.54 Å². The monoisotopic (exact) mass is 283 g/mol. The molecule has 0 bridgehead atoms. The highest BCUT2D eigenvalue weighted by molar-refractivity contribution is 7.12. The molecule has 0 unspecified atom stereocenters. The number of aromatic carboxylic acids is 1. The number of hydrogen-bond donors (Lipinski definition) is 2. The molecule has 0 spiro atoms. The topological polar surface area (TPSA) is 66.4 Å². The SMILES string of the molecule is CCCCCCCCNC(=O)c1ccsc1C(=O)O. The van der Waals surface area contributed by atoms with E-state index in [1.807, 2.05) is 0 Å². The molecule has 106 valence electrons. The molecule has 0 fully saturated rings. The molecule has 1 amide bonds. The van der Waals surface area contributed by atoms with Crippen LogP contribution in [0.5, 0.6) is 0 Å². The van der Waals surface area contributed by atoms with Crippen LogP contribution in [0.2, 0.25) is 0 Å². The van der Waals surface area contributed by atoms with E-state index >= 15 is 0 Å². The summed E-state index contributed by atoms with van der Waals surface area (Å²) in [5.41, 5.74) is 0.267. The molecule has 0 aliphatic carbocycles. The maximum atomic E-state index is 11.8. The van der Waals surface area contributed by atoms with Crippen molar-refractivity contribution >= 4 is 23.2 Å². The largest absolute Gasteiger partial charge is 0.477 e. The van der Waals surface area contributed by atoms with Gasteiger partial charge in [0.15, 0.2) is 0 Å². The molecule has 19 heavy (non-hydrogen) atoms. The van der Waals surface area contributed by atoms with Gasteiger partial charge < -0.3 is 10.4 Å². The molecular weight excluding hydrogens is 262 g/mol. The number of nitrogens with one attached hydrogen (secondary N) is 1. The van der Waals surface area contributed by atoms with E-state index in [1.165, 1.54) is 25.7 Å². The first-order chi connectivity index (χ1) is 9.16. The van der Waals surface area contributed by atoms with Crippen LogP contribution >= 0.6 is 11.3 Å². The number of carboxylic acid groups (broad SMARTS) is 1. The highest BCUT2D eigenvalue weighted by Gasteiger charge is 2.17. The third kappa shape index (κ3) is 5.42. The molecular formula is C14H21NO3S. The van der Waals surface area contributed by atoms with Crippen LogP contribution in [0, 0.1) is 0 Å². The number of carboxylic acids is 1. The van der Waals surface area contributed by atoms with Crippen LogP contribution in [0.1, 0.15) is 65.5 Å². The Morgan fingerprint density at radius 2 is 1.89 bits per heavy atom. The molecule has 1 rings (SSSR count). The fourth-order valence-electron chi connectivity index (χ4n) is 1.86. The lowest BCUT2D eigenvalue weighted by molar-refractivity contribution is 0.0696. The molecule has 1 heterocycles. The standard InChI is InChI=1S/C14H21NO3S/c1-2-3-4-5-6-7-9-15-13(16)11-8-10-19-12(11)14(17)18/h8,10H,2-7,9H2,1H3,(H,15,16)(H,17,18). The Morgan fingerprint density at radius 1 is 1.21 bits per heavy atom. The molecule has 0 aliphatic heterocycles. The Labute approximate surface area is 117 Å². The van der Waals surface area contributed by atoms with Crippen LogP contribution in [0.25, 0.3) is 0 Å². The zero-order valence-electron chi connectivity index (χ0n) is 11.3. The van der Waals surface area contributed by atoms with Crippen molar-refractivity contribution in [2.75, 3.05) is 6.54 Å². The van der Waals surface area contributed by atoms with Gasteiger partial charge in [-0.1, -0.05) is 39.0 Å². The third-order valence-corrected chi connectivity index (χ3v) is 3.82. The van der Waals surface area contributed by atoms with Crippen molar-refractivity contribution in [3.05, 3.63) is 21.9 Å². The summed E-state index contributed by atoms with van der Waals surface area (Å²) in [7, 11) is 0. The summed E-state index contributed by atoms with van der Waals surface area (Å²) >= 11 is 1.08. The zero-order valence-corrected chi connectivity index (χ0v) is 12.1. The van der Waals surface area contributed by atoms with E-state index < -0.39 is 5.97 Å². The molecule has 2 N–H and O–H groups in total. The average Bonchev–Trinajstić information content (AvgIpc) is 2.87. The molecule has 0 aliphatic rings. The number of hydrogen-bond acceptors (Lipinski definition) is 3. The van der Waals surface area contributed by atoms with Gasteiger partial charge >= 0.3 is 5.97 Å². The van der Waals surface area contributed by atoms with Crippen molar-refractivity contribution in [1.29, 1.82) is 0 Å². The van der Waals surface area contributed by atoms with E-state index in [2.05, 4.69) is 12.2 Å². The second kappa shape index (κ2) is 8.69. The quantitative estimate of drug-likeness (QED) is 0.681. The zero-order chi connectivity index (χ0) is 14.1. The molecule has 1 aromatic heterocycles. The van der Waals surface area contributed by atoms with Gasteiger partial charge in [0.25, 0.3) is 5.91 Å². The van der Waals surface area contributed by atoms with Gasteiger partial charge in [0.05, 0.1) is 5.56 Å². The van der Waals surface area contributed by atoms with Gasteiger partial charge in [-0.2, -0.15) is 0 Å². The lowest BCUT2D eigenvalue weighted by atomic mass is 10.1. The Morgan fingerprint density at radius 3 is 2.58 bits per heavy atom.